The molecule has 0 atom stereocenters. The Morgan fingerprint density at radius 1 is 1.15 bits per heavy atom. The number of aromatic carboxylic acids is 1. The summed E-state index contributed by atoms with van der Waals surface area (Å²) in [7, 11) is 0. The van der Waals surface area contributed by atoms with E-state index < -0.39 is 17.8 Å². The number of nitrogens with one attached hydrogen (secondary N) is 1. The number of hydrogen-bond acceptors (Lipinski definition) is 7. The number of carboxylic acid groups (broad SMARTS) is 1. The van der Waals surface area contributed by atoms with E-state index in [0.29, 0.717) is 16.0 Å². The molecule has 0 unspecified atom stereocenters. The maximum Gasteiger partial charge on any atom is 0.338 e. The van der Waals surface area contributed by atoms with Crippen LogP contribution in [0.5, 0.6) is 0 Å². The molecule has 11 heteroatoms. The van der Waals surface area contributed by atoms with Gasteiger partial charge in [-0.2, -0.15) is 5.10 Å². The fourth-order valence-corrected chi connectivity index (χ4v) is 3.89. The highest BCUT2D eigenvalue weighted by atomic mass is 35.5. The fourth-order valence-electron chi connectivity index (χ4n) is 2.79. The number of nitrogens with zero attached hydrogens (tertiary/aromatic N) is 2. The normalized spacial score (nSPS) is 10.8. The molecule has 1 aromatic heterocycles. The topological polar surface area (TPSA) is 127 Å². The molecule has 0 spiro atoms. The summed E-state index contributed by atoms with van der Waals surface area (Å²) < 4.78 is 6.17. The van der Waals surface area contributed by atoms with Gasteiger partial charge in [-0.15, -0.1) is 0 Å². The lowest BCUT2D eigenvalue weighted by Gasteiger charge is -2.05. The van der Waals surface area contributed by atoms with Gasteiger partial charge in [-0.1, -0.05) is 35.1 Å². The Kier molecular flexibility index (Phi) is 7.75. The standard InChI is InChI=1S/C22H18ClN3O6S/c1-2-32-21(30)15-8-6-14(7-9-15)19(27)25-24-11-17-18(23)26(22(31)33-17)12-13-4-3-5-16(10-13)20(28)29/h3-11H,2,12H2,1H3,(H,25,27)(H,28,29). The average molecular weight is 488 g/mol. The van der Waals surface area contributed by atoms with E-state index in [1.165, 1.54) is 47.2 Å². The van der Waals surface area contributed by atoms with Crippen LogP contribution < -0.4 is 10.3 Å². The van der Waals surface area contributed by atoms with Crippen molar-refractivity contribution >= 4 is 47.0 Å². The SMILES string of the molecule is CCOC(=O)c1ccc(C(=O)NN=Cc2sc(=O)n(Cc3cccc(C(=O)O)c3)c2Cl)cc1. The number of carboxylic acids is 1. The lowest BCUT2D eigenvalue weighted by atomic mass is 10.1. The molecule has 170 valence electrons. The van der Waals surface area contributed by atoms with Gasteiger partial charge in [0.15, 0.2) is 0 Å². The van der Waals surface area contributed by atoms with Crippen LogP contribution in [0.4, 0.5) is 0 Å². The summed E-state index contributed by atoms with van der Waals surface area (Å²) in [6, 6.07) is 12.1. The van der Waals surface area contributed by atoms with E-state index in [1.54, 1.807) is 19.1 Å². The maximum absolute atomic E-state index is 12.3. The van der Waals surface area contributed by atoms with Crippen LogP contribution in [-0.4, -0.2) is 40.3 Å². The van der Waals surface area contributed by atoms with Crippen LogP contribution in [0, 0.1) is 0 Å². The van der Waals surface area contributed by atoms with Crippen molar-refractivity contribution in [1.82, 2.24) is 9.99 Å². The van der Waals surface area contributed by atoms with Crippen LogP contribution in [-0.2, 0) is 11.3 Å². The number of halogens is 1. The Hall–Kier alpha value is -3.76. The Balaban J connectivity index is 1.68. The zero-order valence-electron chi connectivity index (χ0n) is 17.3. The van der Waals surface area contributed by atoms with Gasteiger partial charge in [0.05, 0.1) is 35.4 Å². The summed E-state index contributed by atoms with van der Waals surface area (Å²) in [5, 5.41) is 13.1. The molecule has 0 bridgehead atoms. The number of rotatable bonds is 8. The zero-order valence-corrected chi connectivity index (χ0v) is 18.9. The molecule has 3 aromatic rings. The van der Waals surface area contributed by atoms with Crippen LogP contribution in [0.25, 0.3) is 0 Å². The van der Waals surface area contributed by atoms with Gasteiger partial charge in [0, 0.05) is 5.56 Å². The van der Waals surface area contributed by atoms with Gasteiger partial charge in [0.1, 0.15) is 5.15 Å². The Morgan fingerprint density at radius 3 is 2.52 bits per heavy atom. The first-order valence-corrected chi connectivity index (χ1v) is 10.8. The third-order valence-electron chi connectivity index (χ3n) is 4.38. The minimum atomic E-state index is -1.07. The van der Waals surface area contributed by atoms with Crippen molar-refractivity contribution in [3.05, 3.63) is 90.5 Å². The Morgan fingerprint density at radius 2 is 1.85 bits per heavy atom. The summed E-state index contributed by atoms with van der Waals surface area (Å²) in [6.45, 7) is 2.04. The summed E-state index contributed by atoms with van der Waals surface area (Å²) in [5.41, 5.74) is 3.63. The average Bonchev–Trinajstić information content (AvgIpc) is 3.07. The maximum atomic E-state index is 12.3. The number of aromatic nitrogens is 1. The predicted octanol–water partition coefficient (Wildman–Crippen LogP) is 3.25. The minimum Gasteiger partial charge on any atom is -0.478 e. The van der Waals surface area contributed by atoms with E-state index in [4.69, 9.17) is 21.4 Å². The number of hydrogen-bond donors (Lipinski definition) is 2. The highest BCUT2D eigenvalue weighted by Crippen LogP contribution is 2.19. The molecule has 1 heterocycles. The van der Waals surface area contributed by atoms with Crippen molar-refractivity contribution in [2.24, 2.45) is 5.10 Å². The second-order valence-corrected chi connectivity index (χ2v) is 7.96. The third kappa shape index (κ3) is 5.93. The Bertz CT molecular complexity index is 1280. The minimum absolute atomic E-state index is 0.0856. The molecular formula is C22H18ClN3O6S. The molecule has 33 heavy (non-hydrogen) atoms. The molecule has 1 amide bonds. The van der Waals surface area contributed by atoms with E-state index in [1.807, 2.05) is 0 Å². The van der Waals surface area contributed by atoms with Gasteiger partial charge in [0.2, 0.25) is 0 Å². The third-order valence-corrected chi connectivity index (χ3v) is 5.81. The van der Waals surface area contributed by atoms with E-state index in [9.17, 15) is 19.2 Å². The Labute approximate surface area is 196 Å². The molecule has 2 aromatic carbocycles. The summed E-state index contributed by atoms with van der Waals surface area (Å²) in [5.74, 6) is -2.07. The van der Waals surface area contributed by atoms with Crippen LogP contribution in [0.15, 0.2) is 58.4 Å². The quantitative estimate of drug-likeness (QED) is 0.285. The number of amides is 1. The molecule has 0 saturated heterocycles. The van der Waals surface area contributed by atoms with Crippen LogP contribution in [0.3, 0.4) is 0 Å². The summed E-state index contributed by atoms with van der Waals surface area (Å²) >= 11 is 7.13. The van der Waals surface area contributed by atoms with Crippen LogP contribution in [0.2, 0.25) is 5.15 Å². The lowest BCUT2D eigenvalue weighted by molar-refractivity contribution is 0.0525. The monoisotopic (exact) mass is 487 g/mol. The molecule has 2 N–H and O–H groups in total. The number of benzene rings is 2. The highest BCUT2D eigenvalue weighted by molar-refractivity contribution is 7.11. The molecule has 0 fully saturated rings. The predicted molar refractivity (Wildman–Crippen MR) is 124 cm³/mol. The van der Waals surface area contributed by atoms with E-state index in [-0.39, 0.29) is 34.3 Å². The summed E-state index contributed by atoms with van der Waals surface area (Å²) in [4.78, 5) is 47.3. The van der Waals surface area contributed by atoms with E-state index in [0.717, 1.165) is 11.3 Å². The molecule has 3 rings (SSSR count). The second-order valence-electron chi connectivity index (χ2n) is 6.61. The smallest absolute Gasteiger partial charge is 0.338 e. The summed E-state index contributed by atoms with van der Waals surface area (Å²) in [6.07, 6.45) is 1.25. The molecule has 0 radical (unpaired) electrons. The molecule has 0 saturated carbocycles. The zero-order chi connectivity index (χ0) is 24.0. The first-order valence-electron chi connectivity index (χ1n) is 9.62. The highest BCUT2D eigenvalue weighted by Gasteiger charge is 2.14. The first kappa shape index (κ1) is 23.9. The van der Waals surface area contributed by atoms with Crippen molar-refractivity contribution < 1.29 is 24.2 Å². The fraction of sp³-hybridized carbons (Fsp3) is 0.136. The van der Waals surface area contributed by atoms with Crippen molar-refractivity contribution in [3.8, 4) is 0 Å². The number of carbonyl (C=O) groups is 3. The largest absolute Gasteiger partial charge is 0.478 e. The number of esters is 1. The van der Waals surface area contributed by atoms with E-state index in [2.05, 4.69) is 10.5 Å². The van der Waals surface area contributed by atoms with Crippen LogP contribution in [0.1, 0.15) is 48.4 Å². The number of ether oxygens (including phenoxy) is 1. The van der Waals surface area contributed by atoms with Crippen molar-refractivity contribution in [2.75, 3.05) is 6.61 Å². The number of thiazole rings is 1. The van der Waals surface area contributed by atoms with Crippen molar-refractivity contribution in [2.45, 2.75) is 13.5 Å². The first-order chi connectivity index (χ1) is 15.8. The van der Waals surface area contributed by atoms with Crippen LogP contribution >= 0.6 is 22.9 Å². The lowest BCUT2D eigenvalue weighted by Crippen LogP contribution is -2.17. The van der Waals surface area contributed by atoms with Gasteiger partial charge >= 0.3 is 16.8 Å². The second kappa shape index (κ2) is 10.7. The van der Waals surface area contributed by atoms with Crippen molar-refractivity contribution in [3.63, 3.8) is 0 Å². The molecule has 9 nitrogen and oxygen atoms in total. The van der Waals surface area contributed by atoms with Gasteiger partial charge in [-0.3, -0.25) is 14.2 Å². The number of hydrazone groups is 1. The number of carbonyl (C=O) groups excluding carboxylic acids is 2. The van der Waals surface area contributed by atoms with Gasteiger partial charge in [0.25, 0.3) is 5.91 Å². The molecule has 0 aliphatic carbocycles. The van der Waals surface area contributed by atoms with Gasteiger partial charge in [-0.25, -0.2) is 15.0 Å². The molecule has 0 aliphatic heterocycles. The van der Waals surface area contributed by atoms with E-state index >= 15 is 0 Å². The van der Waals surface area contributed by atoms with Gasteiger partial charge in [-0.05, 0) is 48.9 Å². The molecule has 0 aliphatic rings. The van der Waals surface area contributed by atoms with Gasteiger partial charge < -0.3 is 9.84 Å². The molecular weight excluding hydrogens is 470 g/mol. The van der Waals surface area contributed by atoms with Crippen molar-refractivity contribution in [1.29, 1.82) is 0 Å².